The molecule has 0 radical (unpaired) electrons. The van der Waals surface area contributed by atoms with Crippen LogP contribution in [0.5, 0.6) is 0 Å². The van der Waals surface area contributed by atoms with Crippen LogP contribution < -0.4 is 0 Å². The minimum Gasteiger partial charge on any atom is -0.248 e. The minimum atomic E-state index is 1.03. The van der Waals surface area contributed by atoms with Gasteiger partial charge in [0.25, 0.3) is 0 Å². The third kappa shape index (κ3) is 2.35. The molecule has 0 aliphatic rings. The molecule has 0 bridgehead atoms. The summed E-state index contributed by atoms with van der Waals surface area (Å²) in [7, 11) is 0. The van der Waals surface area contributed by atoms with Crippen LogP contribution in [-0.2, 0) is 6.42 Å². The molecule has 92 valence electrons. The van der Waals surface area contributed by atoms with Gasteiger partial charge in [0.05, 0.1) is 11.2 Å². The van der Waals surface area contributed by atoms with E-state index >= 15 is 0 Å². The van der Waals surface area contributed by atoms with Crippen LogP contribution in [0, 0.1) is 0 Å². The van der Waals surface area contributed by atoms with Crippen LogP contribution in [0.4, 0.5) is 0 Å². The monoisotopic (exact) mass is 237 g/mol. The largest absolute Gasteiger partial charge is 0.248 e. The third-order valence-corrected chi connectivity index (χ3v) is 3.14. The zero-order chi connectivity index (χ0) is 13.0. The van der Waals surface area contributed by atoms with Gasteiger partial charge < -0.3 is 0 Å². The van der Waals surface area contributed by atoms with Gasteiger partial charge in [-0.1, -0.05) is 43.4 Å². The van der Waals surface area contributed by atoms with E-state index in [-0.39, 0.29) is 0 Å². The van der Waals surface area contributed by atoms with Gasteiger partial charge in [-0.15, -0.1) is 0 Å². The molecule has 1 aromatic heterocycles. The molecule has 0 saturated carbocycles. The number of benzene rings is 1. The van der Waals surface area contributed by atoms with E-state index in [0.29, 0.717) is 0 Å². The number of aryl methyl sites for hydroxylation is 1. The van der Waals surface area contributed by atoms with Crippen LogP contribution in [0.1, 0.15) is 32.0 Å². The van der Waals surface area contributed by atoms with Crippen molar-refractivity contribution in [2.24, 2.45) is 0 Å². The maximum absolute atomic E-state index is 4.75. The summed E-state index contributed by atoms with van der Waals surface area (Å²) in [5.41, 5.74) is 4.68. The maximum Gasteiger partial charge on any atom is 0.0712 e. The number of hydrogen-bond donors (Lipinski definition) is 0. The molecule has 1 nitrogen and oxygen atoms in total. The Morgan fingerprint density at radius 1 is 1.22 bits per heavy atom. The summed E-state index contributed by atoms with van der Waals surface area (Å²) in [4.78, 5) is 4.75. The van der Waals surface area contributed by atoms with Crippen molar-refractivity contribution in [3.63, 3.8) is 0 Å². The van der Waals surface area contributed by atoms with E-state index in [1.54, 1.807) is 0 Å². The zero-order valence-corrected chi connectivity index (χ0v) is 11.3. The topological polar surface area (TPSA) is 12.9 Å². The molecule has 0 atom stereocenters. The Balaban J connectivity index is 2.67. The van der Waals surface area contributed by atoms with Gasteiger partial charge in [0.1, 0.15) is 0 Å². The number of aromatic nitrogens is 1. The fourth-order valence-corrected chi connectivity index (χ4v) is 2.20. The lowest BCUT2D eigenvalue weighted by Gasteiger charge is -2.08. The molecule has 0 spiro atoms. The SMILES string of the molecule is C/C=C\C(=C/C)c1cc(CC)c2ccccc2n1. The van der Waals surface area contributed by atoms with Crippen LogP contribution in [0.2, 0.25) is 0 Å². The first-order valence-corrected chi connectivity index (χ1v) is 6.48. The molecule has 0 aliphatic carbocycles. The molecule has 0 fully saturated rings. The normalized spacial score (nSPS) is 12.5. The highest BCUT2D eigenvalue weighted by atomic mass is 14.7. The molecule has 0 unspecified atom stereocenters. The highest BCUT2D eigenvalue weighted by Crippen LogP contribution is 2.23. The molecule has 2 aromatic rings. The Labute approximate surface area is 109 Å². The highest BCUT2D eigenvalue weighted by molar-refractivity contribution is 5.85. The molecule has 0 aliphatic heterocycles. The van der Waals surface area contributed by atoms with Crippen molar-refractivity contribution < 1.29 is 0 Å². The molecular formula is C17H19N. The summed E-state index contributed by atoms with van der Waals surface area (Å²) < 4.78 is 0. The second kappa shape index (κ2) is 5.63. The molecule has 0 N–H and O–H groups in total. The van der Waals surface area contributed by atoms with E-state index < -0.39 is 0 Å². The van der Waals surface area contributed by atoms with E-state index in [1.807, 2.05) is 13.0 Å². The smallest absolute Gasteiger partial charge is 0.0712 e. The Hall–Kier alpha value is -1.89. The molecule has 0 amide bonds. The van der Waals surface area contributed by atoms with Gasteiger partial charge in [0, 0.05) is 5.39 Å². The first-order valence-electron chi connectivity index (χ1n) is 6.48. The van der Waals surface area contributed by atoms with Gasteiger partial charge in [-0.3, -0.25) is 0 Å². The van der Waals surface area contributed by atoms with Crippen molar-refractivity contribution >= 4 is 16.5 Å². The predicted molar refractivity (Wildman–Crippen MR) is 79.6 cm³/mol. The van der Waals surface area contributed by atoms with Gasteiger partial charge in [0.2, 0.25) is 0 Å². The third-order valence-electron chi connectivity index (χ3n) is 3.14. The van der Waals surface area contributed by atoms with Crippen LogP contribution in [0.15, 0.2) is 48.6 Å². The highest BCUT2D eigenvalue weighted by Gasteiger charge is 2.05. The summed E-state index contributed by atoms with van der Waals surface area (Å²) >= 11 is 0. The Kier molecular flexibility index (Phi) is 3.93. The molecule has 1 aromatic carbocycles. The van der Waals surface area contributed by atoms with Crippen LogP contribution >= 0.6 is 0 Å². The Morgan fingerprint density at radius 3 is 2.67 bits per heavy atom. The van der Waals surface area contributed by atoms with E-state index in [9.17, 15) is 0 Å². The number of fused-ring (bicyclic) bond motifs is 1. The minimum absolute atomic E-state index is 1.03. The van der Waals surface area contributed by atoms with Gasteiger partial charge >= 0.3 is 0 Å². The number of para-hydroxylation sites is 1. The predicted octanol–water partition coefficient (Wildman–Crippen LogP) is 4.78. The van der Waals surface area contributed by atoms with Crippen LogP contribution in [0.3, 0.4) is 0 Å². The lowest BCUT2D eigenvalue weighted by molar-refractivity contribution is 1.14. The van der Waals surface area contributed by atoms with Crippen molar-refractivity contribution in [1.82, 2.24) is 4.98 Å². The average Bonchev–Trinajstić information content (AvgIpc) is 2.43. The van der Waals surface area contributed by atoms with E-state index in [0.717, 1.165) is 17.6 Å². The Morgan fingerprint density at radius 2 is 2.00 bits per heavy atom. The van der Waals surface area contributed by atoms with Gasteiger partial charge in [-0.25, -0.2) is 4.98 Å². The molecule has 18 heavy (non-hydrogen) atoms. The van der Waals surface area contributed by atoms with Crippen molar-refractivity contribution in [1.29, 1.82) is 0 Å². The number of allylic oxidation sites excluding steroid dienone is 4. The Bertz CT molecular complexity index is 606. The van der Waals surface area contributed by atoms with Crippen molar-refractivity contribution in [3.05, 3.63) is 59.8 Å². The number of hydrogen-bond acceptors (Lipinski definition) is 1. The zero-order valence-electron chi connectivity index (χ0n) is 11.3. The van der Waals surface area contributed by atoms with Gasteiger partial charge in [-0.2, -0.15) is 0 Å². The summed E-state index contributed by atoms with van der Waals surface area (Å²) in [6.45, 7) is 6.28. The number of nitrogens with zero attached hydrogens (tertiary/aromatic N) is 1. The van der Waals surface area contributed by atoms with Gasteiger partial charge in [0.15, 0.2) is 0 Å². The summed E-state index contributed by atoms with van der Waals surface area (Å²) in [6, 6.07) is 10.6. The molecule has 0 saturated heterocycles. The lowest BCUT2D eigenvalue weighted by Crippen LogP contribution is -1.93. The standard InChI is InChI=1S/C17H19N/c1-4-9-13(5-2)17-12-14(6-3)15-10-7-8-11-16(15)18-17/h4-5,7-12H,6H2,1-3H3/b9-4-,13-5+. The lowest BCUT2D eigenvalue weighted by atomic mass is 10.0. The van der Waals surface area contributed by atoms with Crippen molar-refractivity contribution in [2.45, 2.75) is 27.2 Å². The number of rotatable bonds is 3. The number of pyridine rings is 1. The second-order valence-corrected chi connectivity index (χ2v) is 4.28. The summed E-state index contributed by atoms with van der Waals surface area (Å²) in [5, 5.41) is 1.26. The fraction of sp³-hybridized carbons (Fsp3) is 0.235. The molecular weight excluding hydrogens is 218 g/mol. The van der Waals surface area contributed by atoms with Crippen molar-refractivity contribution in [3.8, 4) is 0 Å². The van der Waals surface area contributed by atoms with E-state index in [4.69, 9.17) is 4.98 Å². The summed E-state index contributed by atoms with van der Waals surface area (Å²) in [5.74, 6) is 0. The summed E-state index contributed by atoms with van der Waals surface area (Å²) in [6.07, 6.45) is 7.30. The van der Waals surface area contributed by atoms with E-state index in [2.05, 4.69) is 56.3 Å². The van der Waals surface area contributed by atoms with Crippen LogP contribution in [-0.4, -0.2) is 4.98 Å². The quantitative estimate of drug-likeness (QED) is 0.700. The van der Waals surface area contributed by atoms with E-state index in [1.165, 1.54) is 16.5 Å². The second-order valence-electron chi connectivity index (χ2n) is 4.28. The van der Waals surface area contributed by atoms with Crippen LogP contribution in [0.25, 0.3) is 16.5 Å². The molecule has 1 heteroatoms. The fourth-order valence-electron chi connectivity index (χ4n) is 2.20. The maximum atomic E-state index is 4.75. The first kappa shape index (κ1) is 12.6. The molecule has 1 heterocycles. The molecule has 2 rings (SSSR count). The van der Waals surface area contributed by atoms with Crippen molar-refractivity contribution in [2.75, 3.05) is 0 Å². The van der Waals surface area contributed by atoms with Gasteiger partial charge in [-0.05, 0) is 43.5 Å². The first-order chi connectivity index (χ1) is 8.80. The average molecular weight is 237 g/mol.